The van der Waals surface area contributed by atoms with Gasteiger partial charge in [-0.25, -0.2) is 8.42 Å². The Morgan fingerprint density at radius 1 is 0.863 bits per heavy atom. The lowest BCUT2D eigenvalue weighted by atomic mass is 9.98. The fraction of sp³-hybridized carbons (Fsp3) is 0.316. The number of amides is 2. The molecule has 270 valence electrons. The number of nitrogens with zero attached hydrogens (tertiary/aromatic N) is 1. The molecule has 0 spiro atoms. The van der Waals surface area contributed by atoms with Crippen LogP contribution in [-0.2, 0) is 28.2 Å². The highest BCUT2D eigenvalue weighted by molar-refractivity contribution is 7.92. The molecule has 0 bridgehead atoms. The number of alkyl halides is 3. The second-order valence-electron chi connectivity index (χ2n) is 13.0. The standard InChI is InChI=1S/C38H41F3N4O5S/c1-25(27-13-8-5-9-14-27)43-35(47)28-20-29(22-32(21-28)45(2)51(3,49)50)36(48)44-33(19-26-11-6-4-7-12-26)34(46)24-42-37(17-18-37)30-15-10-16-31(23-30)38(39,40)41/h4-16,20-23,25,33-34,42,46H,17-19,24H2,1-3H3,(H,43,47)(H,44,48)/t25-,33+,34-/m1/s1. The third-order valence-corrected chi connectivity index (χ3v) is 10.4. The van der Waals surface area contributed by atoms with Crippen molar-refractivity contribution in [2.45, 2.75) is 56.1 Å². The van der Waals surface area contributed by atoms with E-state index in [0.29, 0.717) is 18.4 Å². The van der Waals surface area contributed by atoms with Crippen LogP contribution in [0.1, 0.15) is 68.8 Å². The summed E-state index contributed by atoms with van der Waals surface area (Å²) in [6, 6.07) is 26.3. The fourth-order valence-corrected chi connectivity index (χ4v) is 6.37. The zero-order valence-electron chi connectivity index (χ0n) is 28.4. The van der Waals surface area contributed by atoms with Gasteiger partial charge in [-0.05, 0) is 73.2 Å². The number of halogens is 3. The topological polar surface area (TPSA) is 128 Å². The Morgan fingerprint density at radius 3 is 2.02 bits per heavy atom. The average molecular weight is 723 g/mol. The van der Waals surface area contributed by atoms with Crippen LogP contribution >= 0.6 is 0 Å². The van der Waals surface area contributed by atoms with Gasteiger partial charge in [0.15, 0.2) is 0 Å². The smallest absolute Gasteiger partial charge is 0.390 e. The summed E-state index contributed by atoms with van der Waals surface area (Å²) in [6.07, 6.45) is -3.33. The van der Waals surface area contributed by atoms with Gasteiger partial charge in [-0.15, -0.1) is 0 Å². The van der Waals surface area contributed by atoms with Crippen LogP contribution in [0.25, 0.3) is 0 Å². The number of benzene rings is 4. The van der Waals surface area contributed by atoms with E-state index < -0.39 is 57.3 Å². The maximum Gasteiger partial charge on any atom is 0.416 e. The van der Waals surface area contributed by atoms with E-state index in [1.54, 1.807) is 13.0 Å². The van der Waals surface area contributed by atoms with Gasteiger partial charge in [0.2, 0.25) is 10.0 Å². The highest BCUT2D eigenvalue weighted by Crippen LogP contribution is 2.46. The van der Waals surface area contributed by atoms with Crippen molar-refractivity contribution in [2.75, 3.05) is 24.2 Å². The molecule has 4 N–H and O–H groups in total. The van der Waals surface area contributed by atoms with Gasteiger partial charge < -0.3 is 21.1 Å². The van der Waals surface area contributed by atoms with E-state index in [4.69, 9.17) is 0 Å². The molecule has 0 unspecified atom stereocenters. The van der Waals surface area contributed by atoms with Crippen LogP contribution in [0.15, 0.2) is 103 Å². The van der Waals surface area contributed by atoms with Crippen molar-refractivity contribution >= 4 is 27.5 Å². The SMILES string of the molecule is C[C@@H](NC(=O)c1cc(C(=O)N[C@@H](Cc2ccccc2)[C@H](O)CNC2(c3cccc(C(F)(F)F)c3)CC2)cc(N(C)S(C)(=O)=O)c1)c1ccccc1. The number of hydrogen-bond acceptors (Lipinski definition) is 6. The highest BCUT2D eigenvalue weighted by Gasteiger charge is 2.45. The summed E-state index contributed by atoms with van der Waals surface area (Å²) in [4.78, 5) is 27.4. The molecule has 1 fully saturated rings. The molecular weight excluding hydrogens is 682 g/mol. The van der Waals surface area contributed by atoms with Crippen molar-refractivity contribution in [1.82, 2.24) is 16.0 Å². The summed E-state index contributed by atoms with van der Waals surface area (Å²) < 4.78 is 66.2. The molecule has 1 aliphatic carbocycles. The molecule has 5 rings (SSSR count). The van der Waals surface area contributed by atoms with Crippen LogP contribution in [-0.4, -0.2) is 57.3 Å². The number of aliphatic hydroxyl groups is 1. The van der Waals surface area contributed by atoms with Gasteiger partial charge in [0.1, 0.15) is 0 Å². The maximum atomic E-state index is 13.9. The number of carbonyl (C=O) groups is 2. The first-order chi connectivity index (χ1) is 24.1. The Kier molecular flexibility index (Phi) is 11.2. The number of rotatable bonds is 14. The summed E-state index contributed by atoms with van der Waals surface area (Å²) >= 11 is 0. The van der Waals surface area contributed by atoms with Crippen molar-refractivity contribution in [3.05, 3.63) is 137 Å². The Balaban J connectivity index is 1.39. The predicted octanol–water partition coefficient (Wildman–Crippen LogP) is 5.57. The Morgan fingerprint density at radius 2 is 1.45 bits per heavy atom. The van der Waals surface area contributed by atoms with Crippen molar-refractivity contribution in [3.63, 3.8) is 0 Å². The monoisotopic (exact) mass is 722 g/mol. The lowest BCUT2D eigenvalue weighted by molar-refractivity contribution is -0.137. The molecule has 9 nitrogen and oxygen atoms in total. The molecule has 4 aromatic rings. The normalized spacial score (nSPS) is 15.7. The summed E-state index contributed by atoms with van der Waals surface area (Å²) in [6.45, 7) is 1.76. The van der Waals surface area contributed by atoms with Crippen LogP contribution in [0, 0.1) is 0 Å². The molecule has 3 atom stereocenters. The van der Waals surface area contributed by atoms with Crippen molar-refractivity contribution in [1.29, 1.82) is 0 Å². The van der Waals surface area contributed by atoms with Crippen LogP contribution < -0.4 is 20.3 Å². The van der Waals surface area contributed by atoms with Gasteiger partial charge in [0.25, 0.3) is 11.8 Å². The number of hydrogen-bond donors (Lipinski definition) is 4. The third-order valence-electron chi connectivity index (χ3n) is 9.17. The minimum Gasteiger partial charge on any atom is -0.390 e. The van der Waals surface area contributed by atoms with Gasteiger partial charge in [-0.3, -0.25) is 13.9 Å². The molecule has 0 aliphatic heterocycles. The van der Waals surface area contributed by atoms with Crippen LogP contribution in [0.4, 0.5) is 18.9 Å². The lowest BCUT2D eigenvalue weighted by Gasteiger charge is -2.28. The molecule has 51 heavy (non-hydrogen) atoms. The maximum absolute atomic E-state index is 13.9. The molecule has 4 aromatic carbocycles. The first-order valence-corrected chi connectivity index (χ1v) is 18.3. The largest absolute Gasteiger partial charge is 0.416 e. The van der Waals surface area contributed by atoms with Crippen molar-refractivity contribution in [3.8, 4) is 0 Å². The first kappa shape index (κ1) is 37.5. The van der Waals surface area contributed by atoms with E-state index in [9.17, 15) is 36.3 Å². The highest BCUT2D eigenvalue weighted by atomic mass is 32.2. The zero-order valence-corrected chi connectivity index (χ0v) is 29.3. The second-order valence-corrected chi connectivity index (χ2v) is 15.0. The lowest BCUT2D eigenvalue weighted by Crippen LogP contribution is -2.50. The summed E-state index contributed by atoms with van der Waals surface area (Å²) in [5.41, 5.74) is 0.744. The quantitative estimate of drug-likeness (QED) is 0.135. The van der Waals surface area contributed by atoms with Gasteiger partial charge >= 0.3 is 6.18 Å². The number of aliphatic hydroxyl groups excluding tert-OH is 1. The van der Waals surface area contributed by atoms with Crippen molar-refractivity contribution < 1.29 is 36.3 Å². The Hall–Kier alpha value is -4.72. The molecule has 1 saturated carbocycles. The van der Waals surface area contributed by atoms with Crippen LogP contribution in [0.5, 0.6) is 0 Å². The predicted molar refractivity (Wildman–Crippen MR) is 190 cm³/mol. The van der Waals surface area contributed by atoms with E-state index in [2.05, 4.69) is 16.0 Å². The molecule has 1 aliphatic rings. The summed E-state index contributed by atoms with van der Waals surface area (Å²) in [7, 11) is -2.46. The van der Waals surface area contributed by atoms with Gasteiger partial charge in [-0.1, -0.05) is 72.8 Å². The Bertz CT molecular complexity index is 1960. The van der Waals surface area contributed by atoms with Gasteiger partial charge in [0, 0.05) is 30.3 Å². The fourth-order valence-electron chi connectivity index (χ4n) is 5.88. The van der Waals surface area contributed by atoms with Gasteiger partial charge in [0.05, 0.1) is 35.7 Å². The molecule has 13 heteroatoms. The number of carbonyl (C=O) groups excluding carboxylic acids is 2. The number of anilines is 1. The van der Waals surface area contributed by atoms with Gasteiger partial charge in [-0.2, -0.15) is 13.2 Å². The second kappa shape index (κ2) is 15.3. The molecule has 0 radical (unpaired) electrons. The molecule has 0 heterocycles. The Labute approximate surface area is 295 Å². The molecule has 0 aromatic heterocycles. The van der Waals surface area contributed by atoms with E-state index in [1.165, 1.54) is 31.3 Å². The minimum atomic E-state index is -4.50. The van der Waals surface area contributed by atoms with Crippen LogP contribution in [0.3, 0.4) is 0 Å². The van der Waals surface area contributed by atoms with E-state index in [-0.39, 0.29) is 29.8 Å². The molecule has 0 saturated heterocycles. The van der Waals surface area contributed by atoms with Crippen LogP contribution in [0.2, 0.25) is 0 Å². The third kappa shape index (κ3) is 9.54. The van der Waals surface area contributed by atoms with Crippen molar-refractivity contribution in [2.24, 2.45) is 0 Å². The van der Waals surface area contributed by atoms with E-state index >= 15 is 0 Å². The molecular formula is C38H41F3N4O5S. The zero-order chi connectivity index (χ0) is 37.0. The first-order valence-electron chi connectivity index (χ1n) is 16.5. The molecule has 2 amide bonds. The van der Waals surface area contributed by atoms with E-state index in [1.807, 2.05) is 60.7 Å². The average Bonchev–Trinajstić information content (AvgIpc) is 3.91. The van der Waals surface area contributed by atoms with E-state index in [0.717, 1.165) is 33.8 Å². The number of nitrogens with one attached hydrogen (secondary N) is 3. The number of sulfonamides is 1. The minimum absolute atomic E-state index is 0.0126. The summed E-state index contributed by atoms with van der Waals surface area (Å²) in [5, 5.41) is 20.5. The summed E-state index contributed by atoms with van der Waals surface area (Å²) in [5.74, 6) is -1.19.